The molecule has 0 heterocycles. The summed E-state index contributed by atoms with van der Waals surface area (Å²) >= 11 is 0. The zero-order valence-electron chi connectivity index (χ0n) is 12.2. The molecule has 8 heteroatoms. The third kappa shape index (κ3) is 8.61. The number of amides is 4. The van der Waals surface area contributed by atoms with Crippen LogP contribution in [0.3, 0.4) is 0 Å². The first kappa shape index (κ1) is 16.9. The third-order valence-electron chi connectivity index (χ3n) is 3.26. The van der Waals surface area contributed by atoms with Crippen molar-refractivity contribution in [2.45, 2.75) is 57.8 Å². The average molecular weight is 296 g/mol. The molecule has 0 saturated heterocycles. The number of hydrogen-bond donors (Lipinski definition) is 4. The summed E-state index contributed by atoms with van der Waals surface area (Å²) < 4.78 is 0. The van der Waals surface area contributed by atoms with Crippen molar-refractivity contribution in [1.82, 2.24) is 10.9 Å². The van der Waals surface area contributed by atoms with Gasteiger partial charge in [-0.2, -0.15) is 10.2 Å². The van der Waals surface area contributed by atoms with Gasteiger partial charge in [0.15, 0.2) is 0 Å². The van der Waals surface area contributed by atoms with E-state index in [1.54, 1.807) is 0 Å². The van der Waals surface area contributed by atoms with Crippen molar-refractivity contribution >= 4 is 23.5 Å². The topological polar surface area (TPSA) is 135 Å². The number of carbonyl (C=O) groups excluding carboxylic acids is 2. The molecule has 0 aromatic rings. The largest absolute Gasteiger partial charge is 0.350 e. The fraction of sp³-hybridized carbons (Fsp3) is 0.692. The number of rotatable bonds is 2. The molecule has 1 aliphatic rings. The van der Waals surface area contributed by atoms with Crippen LogP contribution in [0.5, 0.6) is 0 Å². The minimum Gasteiger partial charge on any atom is -0.350 e. The number of primary amides is 2. The Bertz CT molecular complexity index is 381. The molecular formula is C13H24N6O2. The van der Waals surface area contributed by atoms with E-state index >= 15 is 0 Å². The van der Waals surface area contributed by atoms with E-state index in [9.17, 15) is 9.59 Å². The maximum absolute atomic E-state index is 10.7. The molecule has 0 aromatic carbocycles. The molecule has 1 saturated carbocycles. The van der Waals surface area contributed by atoms with Crippen LogP contribution in [-0.2, 0) is 0 Å². The highest BCUT2D eigenvalue weighted by Gasteiger charge is 2.07. The summed E-state index contributed by atoms with van der Waals surface area (Å²) in [4.78, 5) is 21.4. The molecule has 0 radical (unpaired) electrons. The fourth-order valence-corrected chi connectivity index (χ4v) is 2.23. The highest BCUT2D eigenvalue weighted by atomic mass is 16.2. The molecule has 1 fully saturated rings. The predicted molar refractivity (Wildman–Crippen MR) is 81.9 cm³/mol. The molecular weight excluding hydrogens is 272 g/mol. The van der Waals surface area contributed by atoms with Gasteiger partial charge in [0.1, 0.15) is 0 Å². The first-order valence-corrected chi connectivity index (χ1v) is 7.29. The van der Waals surface area contributed by atoms with Gasteiger partial charge in [0.2, 0.25) is 0 Å². The van der Waals surface area contributed by atoms with Crippen LogP contribution in [0.25, 0.3) is 0 Å². The van der Waals surface area contributed by atoms with Crippen molar-refractivity contribution in [2.24, 2.45) is 21.7 Å². The average Bonchev–Trinajstić information content (AvgIpc) is 2.47. The maximum Gasteiger partial charge on any atom is 0.332 e. The molecule has 0 spiro atoms. The van der Waals surface area contributed by atoms with Crippen molar-refractivity contribution < 1.29 is 9.59 Å². The van der Waals surface area contributed by atoms with Crippen LogP contribution in [0.4, 0.5) is 9.59 Å². The van der Waals surface area contributed by atoms with Gasteiger partial charge in [-0.15, -0.1) is 0 Å². The summed E-state index contributed by atoms with van der Waals surface area (Å²) in [7, 11) is 0. The van der Waals surface area contributed by atoms with Crippen molar-refractivity contribution in [2.75, 3.05) is 0 Å². The Balaban J connectivity index is 2.52. The summed E-state index contributed by atoms with van der Waals surface area (Å²) in [6.07, 6.45) is 8.37. The summed E-state index contributed by atoms with van der Waals surface area (Å²) in [5.74, 6) is 0. The summed E-state index contributed by atoms with van der Waals surface area (Å²) in [5, 5.41) is 8.11. The molecule has 0 bridgehead atoms. The third-order valence-corrected chi connectivity index (χ3v) is 3.26. The Morgan fingerprint density at radius 1 is 0.714 bits per heavy atom. The summed E-state index contributed by atoms with van der Waals surface area (Å²) in [6, 6.07) is -1.27. The van der Waals surface area contributed by atoms with Gasteiger partial charge < -0.3 is 11.5 Å². The summed E-state index contributed by atoms with van der Waals surface area (Å²) in [6.45, 7) is 0. The SMILES string of the molecule is NC(=O)N/N=C1\CCCCC/C(=N\NC(N)=O)CCCC1. The molecule has 0 unspecified atom stereocenters. The van der Waals surface area contributed by atoms with Crippen LogP contribution in [0.2, 0.25) is 0 Å². The number of nitrogens with zero attached hydrogens (tertiary/aromatic N) is 2. The first-order chi connectivity index (χ1) is 10.1. The first-order valence-electron chi connectivity index (χ1n) is 7.29. The van der Waals surface area contributed by atoms with Crippen molar-refractivity contribution in [3.8, 4) is 0 Å². The van der Waals surface area contributed by atoms with E-state index in [0.717, 1.165) is 69.2 Å². The molecule has 0 aliphatic heterocycles. The normalized spacial score (nSPS) is 21.5. The van der Waals surface area contributed by atoms with E-state index in [1.807, 2.05) is 0 Å². The predicted octanol–water partition coefficient (Wildman–Crippen LogP) is 1.56. The molecule has 6 N–H and O–H groups in total. The van der Waals surface area contributed by atoms with Gasteiger partial charge in [0.25, 0.3) is 0 Å². The molecule has 4 amide bonds. The second-order valence-corrected chi connectivity index (χ2v) is 5.08. The van der Waals surface area contributed by atoms with E-state index in [1.165, 1.54) is 0 Å². The highest BCUT2D eigenvalue weighted by Crippen LogP contribution is 2.14. The van der Waals surface area contributed by atoms with Gasteiger partial charge in [0.05, 0.1) is 0 Å². The van der Waals surface area contributed by atoms with Crippen molar-refractivity contribution in [1.29, 1.82) is 0 Å². The minimum absolute atomic E-state index is 0.635. The van der Waals surface area contributed by atoms with Gasteiger partial charge in [-0.05, 0) is 51.4 Å². The molecule has 118 valence electrons. The second kappa shape index (κ2) is 9.73. The zero-order chi connectivity index (χ0) is 15.5. The molecule has 1 rings (SSSR count). The van der Waals surface area contributed by atoms with Gasteiger partial charge >= 0.3 is 12.1 Å². The van der Waals surface area contributed by atoms with Crippen LogP contribution in [0.15, 0.2) is 10.2 Å². The lowest BCUT2D eigenvalue weighted by Gasteiger charge is -2.05. The Labute approximate surface area is 124 Å². The number of carbonyl (C=O) groups is 2. The molecule has 0 aromatic heterocycles. The monoisotopic (exact) mass is 296 g/mol. The standard InChI is InChI=1S/C13H24N6O2/c14-12(20)18-16-10-6-2-1-3-7-11(9-5-4-8-10)17-19-13(15)21/h1-9H2,(H3,14,18,20)(H3,15,19,21)/b16-10+,17-11+. The van der Waals surface area contributed by atoms with E-state index in [-0.39, 0.29) is 0 Å². The van der Waals surface area contributed by atoms with Crippen LogP contribution >= 0.6 is 0 Å². The van der Waals surface area contributed by atoms with Crippen molar-refractivity contribution in [3.05, 3.63) is 0 Å². The summed E-state index contributed by atoms with van der Waals surface area (Å²) in [5.41, 5.74) is 16.6. The Hall–Kier alpha value is -2.12. The van der Waals surface area contributed by atoms with Crippen LogP contribution in [0, 0.1) is 0 Å². The number of hydrogen-bond acceptors (Lipinski definition) is 4. The Morgan fingerprint density at radius 2 is 1.05 bits per heavy atom. The molecule has 8 nitrogen and oxygen atoms in total. The second-order valence-electron chi connectivity index (χ2n) is 5.08. The molecule has 1 aliphatic carbocycles. The molecule has 0 atom stereocenters. The highest BCUT2D eigenvalue weighted by molar-refractivity contribution is 5.87. The zero-order valence-corrected chi connectivity index (χ0v) is 12.2. The van der Waals surface area contributed by atoms with E-state index in [2.05, 4.69) is 21.1 Å². The van der Waals surface area contributed by atoms with Gasteiger partial charge in [-0.1, -0.05) is 6.42 Å². The number of hydrazone groups is 2. The maximum atomic E-state index is 10.7. The minimum atomic E-state index is -0.635. The molecule has 21 heavy (non-hydrogen) atoms. The van der Waals surface area contributed by atoms with Crippen LogP contribution in [-0.4, -0.2) is 23.5 Å². The number of nitrogens with two attached hydrogens (primary N) is 2. The van der Waals surface area contributed by atoms with E-state index in [4.69, 9.17) is 11.5 Å². The lowest BCUT2D eigenvalue weighted by Crippen LogP contribution is -2.26. The smallest absolute Gasteiger partial charge is 0.332 e. The van der Waals surface area contributed by atoms with Crippen LogP contribution in [0.1, 0.15) is 57.8 Å². The lowest BCUT2D eigenvalue weighted by molar-refractivity contribution is 0.248. The fourth-order valence-electron chi connectivity index (χ4n) is 2.23. The van der Waals surface area contributed by atoms with Crippen LogP contribution < -0.4 is 22.3 Å². The van der Waals surface area contributed by atoms with E-state index < -0.39 is 12.1 Å². The Kier molecular flexibility index (Phi) is 7.85. The van der Waals surface area contributed by atoms with Gasteiger partial charge in [-0.3, -0.25) is 0 Å². The lowest BCUT2D eigenvalue weighted by atomic mass is 10.1. The van der Waals surface area contributed by atoms with E-state index in [0.29, 0.717) is 0 Å². The van der Waals surface area contributed by atoms with Crippen molar-refractivity contribution in [3.63, 3.8) is 0 Å². The quantitative estimate of drug-likeness (QED) is 0.575. The van der Waals surface area contributed by atoms with Gasteiger partial charge in [-0.25, -0.2) is 20.4 Å². The number of nitrogens with one attached hydrogen (secondary N) is 2. The Morgan fingerprint density at radius 3 is 1.38 bits per heavy atom. The number of urea groups is 2. The van der Waals surface area contributed by atoms with Gasteiger partial charge in [0, 0.05) is 11.4 Å².